The summed E-state index contributed by atoms with van der Waals surface area (Å²) in [7, 11) is 0. The summed E-state index contributed by atoms with van der Waals surface area (Å²) in [5.74, 6) is -0.378. The molecule has 72 valence electrons. The average molecular weight is 183 g/mol. The number of Topliss-reactive ketones (excluding diaryl/α,β-unsaturated/α-hetero) is 1. The molecule has 1 aliphatic carbocycles. The predicted molar refractivity (Wildman–Crippen MR) is 45.1 cm³/mol. The van der Waals surface area contributed by atoms with Crippen LogP contribution in [0.25, 0.3) is 0 Å². The summed E-state index contributed by atoms with van der Waals surface area (Å²) in [4.78, 5) is 22.7. The largest absolute Gasteiger partial charge is 0.466 e. The smallest absolute Gasteiger partial charge is 0.311 e. The fourth-order valence-corrected chi connectivity index (χ4v) is 2.09. The summed E-state index contributed by atoms with van der Waals surface area (Å²) >= 11 is 0. The molecule has 1 heterocycles. The van der Waals surface area contributed by atoms with E-state index in [1.54, 1.807) is 6.92 Å². The average Bonchev–Trinajstić information content (AvgIpc) is 2.68. The lowest BCUT2D eigenvalue weighted by Crippen LogP contribution is -2.31. The van der Waals surface area contributed by atoms with E-state index in [0.717, 1.165) is 0 Å². The van der Waals surface area contributed by atoms with Crippen molar-refractivity contribution in [1.29, 1.82) is 0 Å². The second kappa shape index (κ2) is 2.54. The van der Waals surface area contributed by atoms with Gasteiger partial charge in [0.05, 0.1) is 24.1 Å². The van der Waals surface area contributed by atoms with Crippen molar-refractivity contribution in [1.82, 2.24) is 5.32 Å². The fraction of sp³-hybridized carbons (Fsp3) is 0.778. The Balaban J connectivity index is 2.09. The van der Waals surface area contributed by atoms with Crippen molar-refractivity contribution in [3.63, 3.8) is 0 Å². The van der Waals surface area contributed by atoms with E-state index >= 15 is 0 Å². The maximum Gasteiger partial charge on any atom is 0.311 e. The minimum atomic E-state index is -0.302. The van der Waals surface area contributed by atoms with Crippen molar-refractivity contribution in [2.24, 2.45) is 5.92 Å². The first-order chi connectivity index (χ1) is 6.09. The highest BCUT2D eigenvalue weighted by molar-refractivity contribution is 5.98. The predicted octanol–water partition coefficient (Wildman–Crippen LogP) is -0.131. The maximum absolute atomic E-state index is 11.4. The van der Waals surface area contributed by atoms with Gasteiger partial charge in [0.2, 0.25) is 0 Å². The standard InChI is InChI=1S/C9H13NO3/c1-3-13-8(12)5-4-6(11)7-9(5,2)10-7/h5,7,10H,3-4H2,1-2H3/t5-,7-,9+/m1/s1. The van der Waals surface area contributed by atoms with Crippen molar-refractivity contribution in [2.75, 3.05) is 6.61 Å². The molecule has 2 fully saturated rings. The monoisotopic (exact) mass is 183 g/mol. The van der Waals surface area contributed by atoms with Crippen LogP contribution in [0.15, 0.2) is 0 Å². The SMILES string of the molecule is CCOC(=O)[C@H]1CC(=O)[C@H]2N[C@@]12C. The van der Waals surface area contributed by atoms with E-state index in [9.17, 15) is 9.59 Å². The van der Waals surface area contributed by atoms with Gasteiger partial charge in [-0.15, -0.1) is 0 Å². The Morgan fingerprint density at radius 1 is 1.77 bits per heavy atom. The number of ether oxygens (including phenoxy) is 1. The quantitative estimate of drug-likeness (QED) is 0.478. The Hall–Kier alpha value is -0.900. The van der Waals surface area contributed by atoms with Crippen LogP contribution in [-0.2, 0) is 14.3 Å². The zero-order valence-corrected chi connectivity index (χ0v) is 7.79. The van der Waals surface area contributed by atoms with Crippen LogP contribution >= 0.6 is 0 Å². The topological polar surface area (TPSA) is 65.3 Å². The highest BCUT2D eigenvalue weighted by atomic mass is 16.5. The van der Waals surface area contributed by atoms with Crippen LogP contribution in [0.5, 0.6) is 0 Å². The van der Waals surface area contributed by atoms with Crippen molar-refractivity contribution in [2.45, 2.75) is 31.8 Å². The normalized spacial score (nSPS) is 41.5. The number of ketones is 1. The minimum absolute atomic E-state index is 0.0955. The molecule has 3 atom stereocenters. The van der Waals surface area contributed by atoms with Crippen LogP contribution in [0.1, 0.15) is 20.3 Å². The van der Waals surface area contributed by atoms with E-state index in [2.05, 4.69) is 5.32 Å². The van der Waals surface area contributed by atoms with Gasteiger partial charge in [-0.1, -0.05) is 0 Å². The zero-order chi connectivity index (χ0) is 9.64. The van der Waals surface area contributed by atoms with Gasteiger partial charge in [-0.3, -0.25) is 14.9 Å². The third-order valence-electron chi connectivity index (χ3n) is 2.99. The summed E-state index contributed by atoms with van der Waals surface area (Å²) in [5, 5.41) is 3.03. The van der Waals surface area contributed by atoms with Crippen molar-refractivity contribution < 1.29 is 14.3 Å². The van der Waals surface area contributed by atoms with Gasteiger partial charge >= 0.3 is 5.97 Å². The van der Waals surface area contributed by atoms with Crippen LogP contribution in [0.4, 0.5) is 0 Å². The lowest BCUT2D eigenvalue weighted by molar-refractivity contribution is -0.149. The summed E-state index contributed by atoms with van der Waals surface area (Å²) in [6.45, 7) is 4.06. The molecule has 0 radical (unpaired) electrons. The number of rotatable bonds is 2. The number of carbonyl (C=O) groups excluding carboxylic acids is 2. The molecule has 13 heavy (non-hydrogen) atoms. The van der Waals surface area contributed by atoms with Gasteiger partial charge in [0.25, 0.3) is 0 Å². The molecule has 0 bridgehead atoms. The first kappa shape index (κ1) is 8.69. The molecular formula is C9H13NO3. The molecule has 4 nitrogen and oxygen atoms in total. The van der Waals surface area contributed by atoms with Gasteiger partial charge in [0.15, 0.2) is 5.78 Å². The summed E-state index contributed by atoms with van der Waals surface area (Å²) < 4.78 is 4.91. The summed E-state index contributed by atoms with van der Waals surface area (Å²) in [6.07, 6.45) is 0.340. The molecule has 0 spiro atoms. The van der Waals surface area contributed by atoms with Crippen LogP contribution in [0.2, 0.25) is 0 Å². The van der Waals surface area contributed by atoms with Crippen molar-refractivity contribution in [3.05, 3.63) is 0 Å². The lowest BCUT2D eigenvalue weighted by atomic mass is 9.96. The molecule has 0 aromatic heterocycles. The van der Waals surface area contributed by atoms with E-state index < -0.39 is 0 Å². The molecule has 1 saturated carbocycles. The molecule has 1 N–H and O–H groups in total. The minimum Gasteiger partial charge on any atom is -0.466 e. The number of fused-ring (bicyclic) bond motifs is 1. The van der Waals surface area contributed by atoms with E-state index in [1.165, 1.54) is 0 Å². The van der Waals surface area contributed by atoms with Gasteiger partial charge in [-0.05, 0) is 13.8 Å². The van der Waals surface area contributed by atoms with Crippen molar-refractivity contribution >= 4 is 11.8 Å². The molecule has 0 aromatic carbocycles. The van der Waals surface area contributed by atoms with E-state index in [4.69, 9.17) is 4.74 Å². The van der Waals surface area contributed by atoms with Gasteiger partial charge < -0.3 is 4.74 Å². The second-order valence-electron chi connectivity index (χ2n) is 3.84. The molecule has 0 amide bonds. The molecule has 2 aliphatic rings. The third-order valence-corrected chi connectivity index (χ3v) is 2.99. The van der Waals surface area contributed by atoms with Crippen LogP contribution < -0.4 is 5.32 Å². The van der Waals surface area contributed by atoms with Gasteiger partial charge in [0.1, 0.15) is 0 Å². The Kier molecular flexibility index (Phi) is 1.70. The molecule has 2 rings (SSSR count). The number of hydrogen-bond donors (Lipinski definition) is 1. The van der Waals surface area contributed by atoms with Crippen LogP contribution in [-0.4, -0.2) is 29.9 Å². The second-order valence-corrected chi connectivity index (χ2v) is 3.84. The third kappa shape index (κ3) is 1.09. The molecular weight excluding hydrogens is 170 g/mol. The van der Waals surface area contributed by atoms with Crippen LogP contribution in [0.3, 0.4) is 0 Å². The fourth-order valence-electron chi connectivity index (χ4n) is 2.09. The number of hydrogen-bond acceptors (Lipinski definition) is 4. The van der Waals surface area contributed by atoms with Gasteiger partial charge in [-0.25, -0.2) is 0 Å². The van der Waals surface area contributed by atoms with E-state index in [-0.39, 0.29) is 29.3 Å². The highest BCUT2D eigenvalue weighted by Gasteiger charge is 2.66. The van der Waals surface area contributed by atoms with Gasteiger partial charge in [0, 0.05) is 6.42 Å². The summed E-state index contributed by atoms with van der Waals surface area (Å²) in [5.41, 5.74) is -0.302. The first-order valence-corrected chi connectivity index (χ1v) is 4.56. The van der Waals surface area contributed by atoms with Gasteiger partial charge in [-0.2, -0.15) is 0 Å². The number of carbonyl (C=O) groups is 2. The molecule has 0 unspecified atom stereocenters. The molecule has 1 aliphatic heterocycles. The molecule has 4 heteroatoms. The van der Waals surface area contributed by atoms with E-state index in [0.29, 0.717) is 13.0 Å². The number of piperidine rings is 1. The van der Waals surface area contributed by atoms with E-state index in [1.807, 2.05) is 6.92 Å². The lowest BCUT2D eigenvalue weighted by Gasteiger charge is -2.14. The maximum atomic E-state index is 11.4. The Labute approximate surface area is 76.6 Å². The molecule has 1 saturated heterocycles. The zero-order valence-electron chi connectivity index (χ0n) is 7.79. The van der Waals surface area contributed by atoms with Crippen molar-refractivity contribution in [3.8, 4) is 0 Å². The first-order valence-electron chi connectivity index (χ1n) is 4.56. The van der Waals surface area contributed by atoms with Crippen LogP contribution in [0, 0.1) is 5.92 Å². The Bertz CT molecular complexity index is 276. The Morgan fingerprint density at radius 2 is 2.46 bits per heavy atom. The molecule has 0 aromatic rings. The number of esters is 1. The Morgan fingerprint density at radius 3 is 2.85 bits per heavy atom. The highest BCUT2D eigenvalue weighted by Crippen LogP contribution is 2.44. The summed E-state index contributed by atoms with van der Waals surface area (Å²) in [6, 6.07) is -0.0955. The number of nitrogens with one attached hydrogen (secondary N) is 1.